The van der Waals surface area contributed by atoms with Gasteiger partial charge in [0.1, 0.15) is 0 Å². The summed E-state index contributed by atoms with van der Waals surface area (Å²) in [7, 11) is 1.84. The number of hydrogen-bond donors (Lipinski definition) is 2. The van der Waals surface area contributed by atoms with Crippen molar-refractivity contribution in [3.05, 3.63) is 34.9 Å². The van der Waals surface area contributed by atoms with Crippen LogP contribution >= 0.6 is 35.6 Å². The van der Waals surface area contributed by atoms with E-state index >= 15 is 0 Å². The number of likely N-dealkylation sites (tertiary alicyclic amines) is 1. The van der Waals surface area contributed by atoms with Crippen LogP contribution in [0.15, 0.2) is 29.3 Å². The molecule has 1 saturated carbocycles. The number of rotatable bonds is 6. The van der Waals surface area contributed by atoms with Crippen LogP contribution in [0.2, 0.25) is 5.02 Å². The van der Waals surface area contributed by atoms with E-state index in [2.05, 4.69) is 32.7 Å². The molecule has 134 valence electrons. The van der Waals surface area contributed by atoms with Crippen molar-refractivity contribution in [1.82, 2.24) is 15.5 Å². The third-order valence-corrected chi connectivity index (χ3v) is 4.99. The highest BCUT2D eigenvalue weighted by molar-refractivity contribution is 14.0. The monoisotopic (exact) mass is 462 g/mol. The van der Waals surface area contributed by atoms with Crippen molar-refractivity contribution >= 4 is 41.5 Å². The molecule has 2 N–H and O–H groups in total. The molecule has 3 rings (SSSR count). The summed E-state index contributed by atoms with van der Waals surface area (Å²) in [6, 6.07) is 8.59. The molecule has 2 fully saturated rings. The fourth-order valence-corrected chi connectivity index (χ4v) is 3.40. The standard InChI is InChI=1S/C18H27ClN4.HI/c1-20-18(21-12-14-7-8-14)22-13-17(23-9-2-3-10-23)15-5-4-6-16(19)11-15;/h4-6,11,14,17H,2-3,7-10,12-13H2,1H3,(H2,20,21,22);1H. The van der Waals surface area contributed by atoms with Crippen LogP contribution in [0.4, 0.5) is 0 Å². The predicted octanol–water partition coefficient (Wildman–Crippen LogP) is 3.67. The fourth-order valence-electron chi connectivity index (χ4n) is 3.20. The Bertz CT molecular complexity index is 542. The second-order valence-corrected chi connectivity index (χ2v) is 7.03. The Morgan fingerprint density at radius 2 is 2.04 bits per heavy atom. The molecule has 0 bridgehead atoms. The summed E-state index contributed by atoms with van der Waals surface area (Å²) >= 11 is 6.20. The third kappa shape index (κ3) is 5.77. The van der Waals surface area contributed by atoms with Crippen LogP contribution in [0, 0.1) is 5.92 Å². The first-order chi connectivity index (χ1) is 11.3. The van der Waals surface area contributed by atoms with Gasteiger partial charge in [0.2, 0.25) is 0 Å². The van der Waals surface area contributed by atoms with Crippen LogP contribution in [0.3, 0.4) is 0 Å². The van der Waals surface area contributed by atoms with E-state index in [-0.39, 0.29) is 24.0 Å². The third-order valence-electron chi connectivity index (χ3n) is 4.76. The molecule has 1 heterocycles. The van der Waals surface area contributed by atoms with Crippen LogP contribution in [-0.2, 0) is 0 Å². The van der Waals surface area contributed by atoms with E-state index in [0.29, 0.717) is 6.04 Å². The van der Waals surface area contributed by atoms with Gasteiger partial charge in [-0.2, -0.15) is 0 Å². The molecule has 1 atom stereocenters. The molecule has 0 amide bonds. The zero-order valence-corrected chi connectivity index (χ0v) is 17.4. The maximum absolute atomic E-state index is 6.20. The molecule has 24 heavy (non-hydrogen) atoms. The molecule has 1 unspecified atom stereocenters. The maximum Gasteiger partial charge on any atom is 0.191 e. The highest BCUT2D eigenvalue weighted by Gasteiger charge is 2.24. The molecular weight excluding hydrogens is 435 g/mol. The lowest BCUT2D eigenvalue weighted by Gasteiger charge is -2.29. The van der Waals surface area contributed by atoms with Gasteiger partial charge in [-0.15, -0.1) is 24.0 Å². The smallest absolute Gasteiger partial charge is 0.191 e. The van der Waals surface area contributed by atoms with Gasteiger partial charge in [0.15, 0.2) is 5.96 Å². The number of benzene rings is 1. The number of guanidine groups is 1. The van der Waals surface area contributed by atoms with Crippen LogP contribution < -0.4 is 10.6 Å². The Hall–Kier alpha value is -0.530. The van der Waals surface area contributed by atoms with E-state index in [9.17, 15) is 0 Å². The molecular formula is C18H28ClIN4. The van der Waals surface area contributed by atoms with Crippen LogP contribution in [0.1, 0.15) is 37.3 Å². The van der Waals surface area contributed by atoms with Gasteiger partial charge in [0.25, 0.3) is 0 Å². The first-order valence-corrected chi connectivity index (χ1v) is 9.08. The summed E-state index contributed by atoms with van der Waals surface area (Å²) in [5, 5.41) is 7.74. The molecule has 1 aromatic rings. The Labute approximate surface area is 167 Å². The van der Waals surface area contributed by atoms with E-state index in [1.165, 1.54) is 31.2 Å². The summed E-state index contributed by atoms with van der Waals surface area (Å²) in [6.07, 6.45) is 5.27. The first kappa shape index (κ1) is 19.8. The number of hydrogen-bond acceptors (Lipinski definition) is 2. The summed E-state index contributed by atoms with van der Waals surface area (Å²) in [5.74, 6) is 1.75. The normalized spacial score (nSPS) is 19.7. The minimum absolute atomic E-state index is 0. The SMILES string of the molecule is CN=C(NCC1CC1)NCC(c1cccc(Cl)c1)N1CCCC1.I. The number of aliphatic imine (C=N–C) groups is 1. The van der Waals surface area contributed by atoms with Crippen molar-refractivity contribution in [3.8, 4) is 0 Å². The zero-order valence-electron chi connectivity index (χ0n) is 14.3. The van der Waals surface area contributed by atoms with Crippen molar-refractivity contribution in [2.75, 3.05) is 33.2 Å². The lowest BCUT2D eigenvalue weighted by atomic mass is 10.1. The predicted molar refractivity (Wildman–Crippen MR) is 113 cm³/mol. The van der Waals surface area contributed by atoms with Crippen LogP contribution in [-0.4, -0.2) is 44.1 Å². The van der Waals surface area contributed by atoms with Crippen molar-refractivity contribution in [2.24, 2.45) is 10.9 Å². The number of nitrogens with zero attached hydrogens (tertiary/aromatic N) is 2. The van der Waals surface area contributed by atoms with E-state index < -0.39 is 0 Å². The van der Waals surface area contributed by atoms with Crippen molar-refractivity contribution < 1.29 is 0 Å². The Balaban J connectivity index is 0.00000208. The summed E-state index contributed by atoms with van der Waals surface area (Å²) in [4.78, 5) is 6.90. The molecule has 1 aliphatic carbocycles. The van der Waals surface area contributed by atoms with Gasteiger partial charge in [0.05, 0.1) is 6.04 Å². The van der Waals surface area contributed by atoms with Gasteiger partial charge < -0.3 is 10.6 Å². The molecule has 4 nitrogen and oxygen atoms in total. The molecule has 1 saturated heterocycles. The van der Waals surface area contributed by atoms with Gasteiger partial charge in [-0.1, -0.05) is 23.7 Å². The van der Waals surface area contributed by atoms with Crippen LogP contribution in [0.5, 0.6) is 0 Å². The summed E-state index contributed by atoms with van der Waals surface area (Å²) in [5.41, 5.74) is 1.28. The minimum atomic E-state index is 0. The molecule has 6 heteroatoms. The topological polar surface area (TPSA) is 39.7 Å². The van der Waals surface area contributed by atoms with E-state index in [1.54, 1.807) is 0 Å². The molecule has 1 aromatic carbocycles. The van der Waals surface area contributed by atoms with E-state index in [1.807, 2.05) is 19.2 Å². The highest BCUT2D eigenvalue weighted by Crippen LogP contribution is 2.28. The number of nitrogens with one attached hydrogen (secondary N) is 2. The van der Waals surface area contributed by atoms with Gasteiger partial charge in [-0.05, 0) is 62.4 Å². The van der Waals surface area contributed by atoms with Crippen LogP contribution in [0.25, 0.3) is 0 Å². The number of halogens is 2. The van der Waals surface area contributed by atoms with Gasteiger partial charge >= 0.3 is 0 Å². The second kappa shape index (κ2) is 9.82. The Morgan fingerprint density at radius 3 is 2.67 bits per heavy atom. The van der Waals surface area contributed by atoms with Crippen molar-refractivity contribution in [2.45, 2.75) is 31.7 Å². The summed E-state index contributed by atoms with van der Waals surface area (Å²) < 4.78 is 0. The van der Waals surface area contributed by atoms with E-state index in [0.717, 1.165) is 43.1 Å². The van der Waals surface area contributed by atoms with Crippen molar-refractivity contribution in [3.63, 3.8) is 0 Å². The lowest BCUT2D eigenvalue weighted by Crippen LogP contribution is -2.43. The second-order valence-electron chi connectivity index (χ2n) is 6.59. The van der Waals surface area contributed by atoms with Gasteiger partial charge in [0, 0.05) is 25.2 Å². The largest absolute Gasteiger partial charge is 0.356 e. The van der Waals surface area contributed by atoms with Gasteiger partial charge in [-0.25, -0.2) is 0 Å². The average Bonchev–Trinajstić information content (AvgIpc) is 3.23. The molecule has 2 aliphatic rings. The fraction of sp³-hybridized carbons (Fsp3) is 0.611. The average molecular weight is 463 g/mol. The quantitative estimate of drug-likeness (QED) is 0.385. The van der Waals surface area contributed by atoms with Gasteiger partial charge in [-0.3, -0.25) is 9.89 Å². The molecule has 0 spiro atoms. The molecule has 1 aliphatic heterocycles. The maximum atomic E-state index is 6.20. The zero-order chi connectivity index (χ0) is 16.1. The first-order valence-electron chi connectivity index (χ1n) is 8.70. The minimum Gasteiger partial charge on any atom is -0.356 e. The molecule has 0 aromatic heterocycles. The lowest BCUT2D eigenvalue weighted by molar-refractivity contribution is 0.245. The van der Waals surface area contributed by atoms with Crippen molar-refractivity contribution in [1.29, 1.82) is 0 Å². The summed E-state index contributed by atoms with van der Waals surface area (Å²) in [6.45, 7) is 4.20. The Kier molecular flexibility index (Phi) is 8.10. The van der Waals surface area contributed by atoms with E-state index in [4.69, 9.17) is 11.6 Å². The Morgan fingerprint density at radius 1 is 1.29 bits per heavy atom. The molecule has 0 radical (unpaired) electrons. The highest BCUT2D eigenvalue weighted by atomic mass is 127.